The zero-order chi connectivity index (χ0) is 42.9. The van der Waals surface area contributed by atoms with E-state index in [4.69, 9.17) is 4.74 Å². The number of fused-ring (bicyclic) bond motifs is 14. The lowest BCUT2D eigenvalue weighted by Crippen LogP contribution is -2.29. The molecule has 1 heterocycles. The molecule has 65 heavy (non-hydrogen) atoms. The third kappa shape index (κ3) is 5.81. The predicted octanol–water partition coefficient (Wildman–Crippen LogP) is 16.8. The molecule has 304 valence electrons. The Morgan fingerprint density at radius 1 is 0.277 bits per heavy atom. The first kappa shape index (κ1) is 37.1. The fourth-order valence-corrected chi connectivity index (χ4v) is 10.8. The Morgan fingerprint density at radius 3 is 1.42 bits per heavy atom. The minimum absolute atomic E-state index is 0.441. The topological polar surface area (TPSA) is 12.5 Å². The van der Waals surface area contributed by atoms with Crippen LogP contribution in [0.15, 0.2) is 237 Å². The molecule has 0 amide bonds. The van der Waals surface area contributed by atoms with E-state index in [1.54, 1.807) is 0 Å². The smallest absolute Gasteiger partial charge is 0.135 e. The van der Waals surface area contributed by atoms with E-state index in [1.165, 1.54) is 66.8 Å². The van der Waals surface area contributed by atoms with Crippen LogP contribution >= 0.6 is 0 Å². The summed E-state index contributed by atoms with van der Waals surface area (Å²) in [5.74, 6) is 1.70. The van der Waals surface area contributed by atoms with Gasteiger partial charge >= 0.3 is 0 Å². The highest BCUT2D eigenvalue weighted by atomic mass is 16.5. The molecule has 0 N–H and O–H groups in total. The molecule has 0 radical (unpaired) electrons. The molecule has 0 saturated carbocycles. The maximum absolute atomic E-state index is 6.67. The van der Waals surface area contributed by atoms with Crippen molar-refractivity contribution in [2.24, 2.45) is 0 Å². The van der Waals surface area contributed by atoms with Crippen LogP contribution < -0.4 is 9.64 Å². The van der Waals surface area contributed by atoms with Crippen molar-refractivity contribution in [1.82, 2.24) is 0 Å². The lowest BCUT2D eigenvalue weighted by molar-refractivity contribution is 0.488. The predicted molar refractivity (Wildman–Crippen MR) is 269 cm³/mol. The number of hydrogen-bond donors (Lipinski definition) is 0. The maximum atomic E-state index is 6.67. The van der Waals surface area contributed by atoms with E-state index < -0.39 is 5.41 Å². The minimum Gasteiger partial charge on any atom is -0.456 e. The van der Waals surface area contributed by atoms with Gasteiger partial charge in [-0.05, 0) is 132 Å². The zero-order valence-electron chi connectivity index (χ0n) is 35.5. The monoisotopic (exact) mass is 827 g/mol. The van der Waals surface area contributed by atoms with Gasteiger partial charge in [0.15, 0.2) is 0 Å². The standard InChI is InChI=1S/C63H41NO/c1-2-14-42(15-3-1)43-28-33-48(34-29-43)64(50-37-39-62-56(41-50)52-19-7-6-18-51(52)54-21-9-13-25-61(54)65-62)49-35-30-44(31-36-49)47-32-38-60-55(40-47)53-20-8-12-24-59(53)63(60)57-22-10-4-16-45(57)26-27-46-17-5-11-23-58(46)63/h1-41H. The summed E-state index contributed by atoms with van der Waals surface area (Å²) in [5, 5.41) is 0. The van der Waals surface area contributed by atoms with E-state index in [-0.39, 0.29) is 0 Å². The van der Waals surface area contributed by atoms with Gasteiger partial charge in [-0.2, -0.15) is 0 Å². The molecule has 2 nitrogen and oxygen atoms in total. The van der Waals surface area contributed by atoms with Crippen molar-refractivity contribution in [2.75, 3.05) is 4.90 Å². The molecular formula is C63H41NO. The second-order valence-corrected chi connectivity index (χ2v) is 17.2. The van der Waals surface area contributed by atoms with E-state index in [9.17, 15) is 0 Å². The van der Waals surface area contributed by atoms with Gasteiger partial charge < -0.3 is 9.64 Å². The summed E-state index contributed by atoms with van der Waals surface area (Å²) in [6.07, 6.45) is 4.58. The first-order valence-corrected chi connectivity index (χ1v) is 22.4. The Bertz CT molecular complexity index is 3460. The average molecular weight is 828 g/mol. The summed E-state index contributed by atoms with van der Waals surface area (Å²) >= 11 is 0. The first-order chi connectivity index (χ1) is 32.2. The van der Waals surface area contributed by atoms with Crippen molar-refractivity contribution in [3.8, 4) is 67.1 Å². The molecule has 1 aliphatic heterocycles. The molecule has 13 rings (SSSR count). The Hall–Kier alpha value is -8.46. The number of rotatable bonds is 5. The van der Waals surface area contributed by atoms with Gasteiger partial charge in [0.2, 0.25) is 0 Å². The highest BCUT2D eigenvalue weighted by Gasteiger charge is 2.48. The lowest BCUT2D eigenvalue weighted by atomic mass is 9.66. The van der Waals surface area contributed by atoms with Gasteiger partial charge in [0.1, 0.15) is 11.5 Å². The first-order valence-electron chi connectivity index (χ1n) is 22.4. The van der Waals surface area contributed by atoms with Crippen molar-refractivity contribution >= 4 is 29.2 Å². The Morgan fingerprint density at radius 2 is 0.738 bits per heavy atom. The third-order valence-electron chi connectivity index (χ3n) is 13.7. The molecule has 10 aromatic rings. The molecule has 0 bridgehead atoms. The van der Waals surface area contributed by atoms with Crippen LogP contribution in [-0.4, -0.2) is 0 Å². The quantitative estimate of drug-likeness (QED) is 0.171. The number of hydrogen-bond acceptors (Lipinski definition) is 2. The number of para-hydroxylation sites is 1. The van der Waals surface area contributed by atoms with Crippen LogP contribution in [0.25, 0.3) is 67.8 Å². The van der Waals surface area contributed by atoms with E-state index >= 15 is 0 Å². The molecule has 10 aromatic carbocycles. The van der Waals surface area contributed by atoms with Crippen molar-refractivity contribution in [1.29, 1.82) is 0 Å². The van der Waals surface area contributed by atoms with Gasteiger partial charge in [-0.25, -0.2) is 0 Å². The average Bonchev–Trinajstić information content (AvgIpc) is 3.47. The molecule has 2 aliphatic carbocycles. The van der Waals surface area contributed by atoms with Crippen LogP contribution in [0.2, 0.25) is 0 Å². The Kier molecular flexibility index (Phi) is 8.47. The van der Waals surface area contributed by atoms with Gasteiger partial charge in [0.05, 0.1) is 5.41 Å². The van der Waals surface area contributed by atoms with Crippen LogP contribution in [0.1, 0.15) is 33.4 Å². The Labute approximate surface area is 379 Å². The molecule has 0 aromatic heterocycles. The highest BCUT2D eigenvalue weighted by molar-refractivity contribution is 5.95. The van der Waals surface area contributed by atoms with Gasteiger partial charge in [-0.1, -0.05) is 194 Å². The number of benzene rings is 10. The summed E-state index contributed by atoms with van der Waals surface area (Å²) in [5.41, 5.74) is 22.3. The van der Waals surface area contributed by atoms with Gasteiger partial charge in [0, 0.05) is 28.2 Å². The summed E-state index contributed by atoms with van der Waals surface area (Å²) < 4.78 is 6.67. The molecule has 0 fully saturated rings. The third-order valence-corrected chi connectivity index (χ3v) is 13.7. The van der Waals surface area contributed by atoms with Crippen molar-refractivity contribution in [3.05, 3.63) is 270 Å². The lowest BCUT2D eigenvalue weighted by Gasteiger charge is -2.35. The molecule has 2 heteroatoms. The largest absolute Gasteiger partial charge is 0.456 e. The fraction of sp³-hybridized carbons (Fsp3) is 0.0159. The van der Waals surface area contributed by atoms with Crippen LogP contribution in [0, 0.1) is 0 Å². The van der Waals surface area contributed by atoms with Crippen LogP contribution in [0.4, 0.5) is 17.1 Å². The number of anilines is 3. The van der Waals surface area contributed by atoms with Gasteiger partial charge in [-0.3, -0.25) is 0 Å². The van der Waals surface area contributed by atoms with E-state index in [2.05, 4.69) is 248 Å². The van der Waals surface area contributed by atoms with Crippen molar-refractivity contribution in [3.63, 3.8) is 0 Å². The molecular weight excluding hydrogens is 787 g/mol. The summed E-state index contributed by atoms with van der Waals surface area (Å²) in [6, 6.07) is 86.1. The van der Waals surface area contributed by atoms with E-state index in [1.807, 2.05) is 6.07 Å². The Balaban J connectivity index is 0.934. The number of ether oxygens (including phenoxy) is 1. The normalized spacial score (nSPS) is 13.1. The molecule has 0 saturated heterocycles. The summed E-state index contributed by atoms with van der Waals surface area (Å²) in [6.45, 7) is 0. The summed E-state index contributed by atoms with van der Waals surface area (Å²) in [4.78, 5) is 2.36. The summed E-state index contributed by atoms with van der Waals surface area (Å²) in [7, 11) is 0. The molecule has 3 aliphatic rings. The van der Waals surface area contributed by atoms with Crippen molar-refractivity contribution in [2.45, 2.75) is 5.41 Å². The second kappa shape index (κ2) is 14.8. The zero-order valence-corrected chi connectivity index (χ0v) is 35.5. The van der Waals surface area contributed by atoms with Gasteiger partial charge in [0.25, 0.3) is 0 Å². The number of nitrogens with zero attached hydrogens (tertiary/aromatic N) is 1. The molecule has 0 unspecified atom stereocenters. The molecule has 0 atom stereocenters. The highest BCUT2D eigenvalue weighted by Crippen LogP contribution is 2.59. The van der Waals surface area contributed by atoms with Crippen molar-refractivity contribution < 1.29 is 4.74 Å². The minimum atomic E-state index is -0.441. The SMILES string of the molecule is C1=Cc2ccccc2C2(c3ccccc31)c1ccccc1-c1cc(-c3ccc(N(c4ccc(-c5ccccc5)cc4)c4ccc5c(c4)-c4ccccc4-c4ccccc4O5)cc3)ccc12. The van der Waals surface area contributed by atoms with Crippen LogP contribution in [0.3, 0.4) is 0 Å². The van der Waals surface area contributed by atoms with E-state index in [0.29, 0.717) is 0 Å². The second-order valence-electron chi connectivity index (χ2n) is 17.2. The fourth-order valence-electron chi connectivity index (χ4n) is 10.8. The van der Waals surface area contributed by atoms with Gasteiger partial charge in [-0.15, -0.1) is 0 Å². The molecule has 1 spiro atoms. The van der Waals surface area contributed by atoms with Crippen LogP contribution in [0.5, 0.6) is 11.5 Å². The van der Waals surface area contributed by atoms with Crippen LogP contribution in [-0.2, 0) is 5.41 Å². The van der Waals surface area contributed by atoms with E-state index in [0.717, 1.165) is 50.8 Å². The maximum Gasteiger partial charge on any atom is 0.135 e.